The number of hydrogen-bond donors (Lipinski definition) is 1. The summed E-state index contributed by atoms with van der Waals surface area (Å²) in [5, 5.41) is 3.27. The number of allylic oxidation sites excluding steroid dienone is 2. The van der Waals surface area contributed by atoms with Crippen LogP contribution in [0.2, 0.25) is 0 Å². The molecule has 96 valence electrons. The maximum atomic E-state index is 12.1. The number of carbonyl (C=O) groups excluding carboxylic acids is 1. The van der Waals surface area contributed by atoms with Crippen molar-refractivity contribution in [2.24, 2.45) is 0 Å². The van der Waals surface area contributed by atoms with E-state index in [2.05, 4.69) is 5.32 Å². The zero-order valence-corrected chi connectivity index (χ0v) is 11.0. The number of anilines is 1. The molecular weight excluding hydrogens is 234 g/mol. The minimum absolute atomic E-state index is 0.0286. The van der Waals surface area contributed by atoms with Crippen LogP contribution in [0, 0.1) is 0 Å². The van der Waals surface area contributed by atoms with E-state index in [0.717, 1.165) is 17.8 Å². The van der Waals surface area contributed by atoms with Crippen LogP contribution in [0.5, 0.6) is 0 Å². The fourth-order valence-electron chi connectivity index (χ4n) is 1.78. The molecule has 19 heavy (non-hydrogen) atoms. The molecule has 0 unspecified atom stereocenters. The van der Waals surface area contributed by atoms with Crippen molar-refractivity contribution in [2.45, 2.75) is 13.3 Å². The minimum atomic E-state index is 0.0286. The summed E-state index contributed by atoms with van der Waals surface area (Å²) in [7, 11) is 0. The molecule has 0 bridgehead atoms. The third kappa shape index (κ3) is 3.81. The van der Waals surface area contributed by atoms with Crippen LogP contribution in [0.25, 0.3) is 0 Å². The van der Waals surface area contributed by atoms with E-state index in [1.165, 1.54) is 0 Å². The van der Waals surface area contributed by atoms with Gasteiger partial charge in [0.1, 0.15) is 0 Å². The van der Waals surface area contributed by atoms with Gasteiger partial charge in [-0.05, 0) is 18.6 Å². The zero-order chi connectivity index (χ0) is 13.5. The highest BCUT2D eigenvalue weighted by Crippen LogP contribution is 2.12. The van der Waals surface area contributed by atoms with Crippen LogP contribution in [0.1, 0.15) is 23.7 Å². The molecule has 0 heterocycles. The topological polar surface area (TPSA) is 29.1 Å². The lowest BCUT2D eigenvalue weighted by atomic mass is 10.1. The largest absolute Gasteiger partial charge is 0.359 e. The first-order valence-electron chi connectivity index (χ1n) is 6.41. The van der Waals surface area contributed by atoms with Crippen molar-refractivity contribution in [1.82, 2.24) is 0 Å². The monoisotopic (exact) mass is 251 g/mol. The van der Waals surface area contributed by atoms with E-state index in [1.807, 2.05) is 67.6 Å². The molecule has 1 N–H and O–H groups in total. The molecule has 0 saturated carbocycles. The lowest BCUT2D eigenvalue weighted by Gasteiger charge is -2.08. The van der Waals surface area contributed by atoms with E-state index in [-0.39, 0.29) is 5.78 Å². The van der Waals surface area contributed by atoms with Crippen molar-refractivity contribution in [3.05, 3.63) is 78.0 Å². The van der Waals surface area contributed by atoms with Crippen molar-refractivity contribution in [3.63, 3.8) is 0 Å². The number of benzene rings is 2. The van der Waals surface area contributed by atoms with Crippen LogP contribution in [0.4, 0.5) is 5.69 Å². The first-order chi connectivity index (χ1) is 9.29. The molecule has 0 spiro atoms. The molecule has 0 saturated heterocycles. The fraction of sp³-hybridized carbons (Fsp3) is 0.118. The van der Waals surface area contributed by atoms with Crippen molar-refractivity contribution in [1.29, 1.82) is 0 Å². The lowest BCUT2D eigenvalue weighted by molar-refractivity contribution is 0.104. The molecule has 2 aromatic rings. The Morgan fingerprint density at radius 2 is 1.58 bits per heavy atom. The highest BCUT2D eigenvalue weighted by molar-refractivity contribution is 6.05. The summed E-state index contributed by atoms with van der Waals surface area (Å²) >= 11 is 0. The SMILES string of the molecule is CC/C(=C/C(=O)c1ccccc1)Nc1ccccc1. The first kappa shape index (κ1) is 13.1. The summed E-state index contributed by atoms with van der Waals surface area (Å²) in [4.78, 5) is 12.1. The molecule has 0 fully saturated rings. The predicted octanol–water partition coefficient (Wildman–Crippen LogP) is 4.28. The highest BCUT2D eigenvalue weighted by atomic mass is 16.1. The number of nitrogens with one attached hydrogen (secondary N) is 1. The van der Waals surface area contributed by atoms with Crippen LogP contribution in [-0.2, 0) is 0 Å². The molecule has 2 heteroatoms. The molecule has 2 nitrogen and oxygen atoms in total. The molecule has 0 aromatic heterocycles. The van der Waals surface area contributed by atoms with Gasteiger partial charge >= 0.3 is 0 Å². The standard InChI is InChI=1S/C17H17NO/c1-2-15(18-16-11-7-4-8-12-16)13-17(19)14-9-5-3-6-10-14/h3-13,18H,2H2,1H3/b15-13-. The van der Waals surface area contributed by atoms with Gasteiger partial charge < -0.3 is 5.32 Å². The zero-order valence-electron chi connectivity index (χ0n) is 11.0. The molecule has 0 aliphatic carbocycles. The number of rotatable bonds is 5. The van der Waals surface area contributed by atoms with Crippen molar-refractivity contribution >= 4 is 11.5 Å². The third-order valence-corrected chi connectivity index (χ3v) is 2.82. The van der Waals surface area contributed by atoms with Gasteiger partial charge in [-0.1, -0.05) is 55.5 Å². The van der Waals surface area contributed by atoms with Crippen molar-refractivity contribution in [2.75, 3.05) is 5.32 Å². The Kier molecular flexibility index (Phi) is 4.51. The van der Waals surface area contributed by atoms with Gasteiger partial charge in [-0.15, -0.1) is 0 Å². The number of carbonyl (C=O) groups is 1. The fourth-order valence-corrected chi connectivity index (χ4v) is 1.78. The van der Waals surface area contributed by atoms with Gasteiger partial charge in [0.15, 0.2) is 5.78 Å². The van der Waals surface area contributed by atoms with E-state index in [9.17, 15) is 4.79 Å². The molecule has 2 rings (SSSR count). The predicted molar refractivity (Wildman–Crippen MR) is 79.2 cm³/mol. The van der Waals surface area contributed by atoms with Crippen LogP contribution >= 0.6 is 0 Å². The van der Waals surface area contributed by atoms with Gasteiger partial charge in [0.05, 0.1) is 0 Å². The summed E-state index contributed by atoms with van der Waals surface area (Å²) in [6, 6.07) is 19.2. The Balaban J connectivity index is 2.13. The van der Waals surface area contributed by atoms with E-state index in [0.29, 0.717) is 5.56 Å². The van der Waals surface area contributed by atoms with E-state index in [4.69, 9.17) is 0 Å². The minimum Gasteiger partial charge on any atom is -0.359 e. The summed E-state index contributed by atoms with van der Waals surface area (Å²) in [5.74, 6) is 0.0286. The van der Waals surface area contributed by atoms with Crippen LogP contribution < -0.4 is 5.32 Å². The molecule has 0 aliphatic heterocycles. The summed E-state index contributed by atoms with van der Waals surface area (Å²) in [5.41, 5.74) is 2.62. The Morgan fingerprint density at radius 3 is 2.16 bits per heavy atom. The molecular formula is C17H17NO. The molecule has 0 radical (unpaired) electrons. The third-order valence-electron chi connectivity index (χ3n) is 2.82. The quantitative estimate of drug-likeness (QED) is 0.635. The molecule has 0 amide bonds. The van der Waals surface area contributed by atoms with Gasteiger partial charge in [-0.25, -0.2) is 0 Å². The number of para-hydroxylation sites is 1. The van der Waals surface area contributed by atoms with Crippen molar-refractivity contribution in [3.8, 4) is 0 Å². The summed E-state index contributed by atoms with van der Waals surface area (Å²) in [6.45, 7) is 2.03. The second-order valence-corrected chi connectivity index (χ2v) is 4.24. The summed E-state index contributed by atoms with van der Waals surface area (Å²) in [6.07, 6.45) is 2.45. The second-order valence-electron chi connectivity index (χ2n) is 4.24. The van der Waals surface area contributed by atoms with E-state index in [1.54, 1.807) is 6.08 Å². The average molecular weight is 251 g/mol. The Morgan fingerprint density at radius 1 is 1.00 bits per heavy atom. The van der Waals surface area contributed by atoms with Gasteiger partial charge in [-0.2, -0.15) is 0 Å². The maximum Gasteiger partial charge on any atom is 0.187 e. The Hall–Kier alpha value is -2.35. The van der Waals surface area contributed by atoms with Gasteiger partial charge in [-0.3, -0.25) is 4.79 Å². The molecule has 2 aromatic carbocycles. The van der Waals surface area contributed by atoms with Gasteiger partial charge in [0, 0.05) is 23.0 Å². The molecule has 0 aliphatic rings. The number of hydrogen-bond acceptors (Lipinski definition) is 2. The van der Waals surface area contributed by atoms with Crippen LogP contribution in [-0.4, -0.2) is 5.78 Å². The van der Waals surface area contributed by atoms with Gasteiger partial charge in [0.2, 0.25) is 0 Å². The Labute approximate surface area is 113 Å². The maximum absolute atomic E-state index is 12.1. The van der Waals surface area contributed by atoms with Gasteiger partial charge in [0.25, 0.3) is 0 Å². The van der Waals surface area contributed by atoms with Crippen LogP contribution in [0.15, 0.2) is 72.4 Å². The average Bonchev–Trinajstić information content (AvgIpc) is 2.48. The number of ketones is 1. The van der Waals surface area contributed by atoms with E-state index < -0.39 is 0 Å². The first-order valence-corrected chi connectivity index (χ1v) is 6.41. The smallest absolute Gasteiger partial charge is 0.187 e. The normalized spacial score (nSPS) is 11.1. The lowest BCUT2D eigenvalue weighted by Crippen LogP contribution is -2.03. The molecule has 0 atom stereocenters. The second kappa shape index (κ2) is 6.55. The highest BCUT2D eigenvalue weighted by Gasteiger charge is 2.03. The van der Waals surface area contributed by atoms with Crippen LogP contribution in [0.3, 0.4) is 0 Å². The van der Waals surface area contributed by atoms with Crippen molar-refractivity contribution < 1.29 is 4.79 Å². The Bertz CT molecular complexity index is 558. The van der Waals surface area contributed by atoms with E-state index >= 15 is 0 Å². The summed E-state index contributed by atoms with van der Waals surface area (Å²) < 4.78 is 0.